The molecule has 0 aliphatic heterocycles. The van der Waals surface area contributed by atoms with E-state index >= 15 is 0 Å². The lowest BCUT2D eigenvalue weighted by molar-refractivity contribution is 0.552. The molecule has 174 valence electrons. The molecule has 35 heavy (non-hydrogen) atoms. The van der Waals surface area contributed by atoms with Gasteiger partial charge in [-0.15, -0.1) is 21.5 Å². The van der Waals surface area contributed by atoms with E-state index in [1.807, 2.05) is 49.4 Å². The first-order chi connectivity index (χ1) is 17.0. The highest BCUT2D eigenvalue weighted by atomic mass is 32.1. The number of hydrogen-bond acceptors (Lipinski definition) is 6. The topological polar surface area (TPSA) is 59.4 Å². The zero-order valence-corrected chi connectivity index (χ0v) is 20.6. The van der Waals surface area contributed by atoms with Crippen LogP contribution < -0.4 is 10.1 Å². The Kier molecular flexibility index (Phi) is 7.33. The summed E-state index contributed by atoms with van der Waals surface area (Å²) in [4.78, 5) is 5.34. The molecule has 4 rings (SSSR count). The van der Waals surface area contributed by atoms with Gasteiger partial charge in [-0.05, 0) is 60.7 Å². The zero-order valence-electron chi connectivity index (χ0n) is 19.8. The molecule has 0 amide bonds. The van der Waals surface area contributed by atoms with Crippen molar-refractivity contribution in [1.29, 1.82) is 0 Å². The van der Waals surface area contributed by atoms with Crippen LogP contribution in [0.5, 0.6) is 5.75 Å². The highest BCUT2D eigenvalue weighted by molar-refractivity contribution is 7.13. The summed E-state index contributed by atoms with van der Waals surface area (Å²) in [7, 11) is 0. The fraction of sp³-hybridized carbons (Fsp3) is 0.0690. The Bertz CT molecular complexity index is 1460. The van der Waals surface area contributed by atoms with Crippen LogP contribution in [0.25, 0.3) is 21.3 Å². The summed E-state index contributed by atoms with van der Waals surface area (Å²) in [5.41, 5.74) is 4.54. The molecule has 0 atom stereocenters. The minimum Gasteiger partial charge on any atom is -0.438 e. The van der Waals surface area contributed by atoms with Crippen molar-refractivity contribution in [2.45, 2.75) is 13.8 Å². The van der Waals surface area contributed by atoms with Gasteiger partial charge >= 0.3 is 0 Å². The second-order valence-electron chi connectivity index (χ2n) is 7.86. The van der Waals surface area contributed by atoms with Crippen molar-refractivity contribution in [2.24, 2.45) is 4.99 Å². The van der Waals surface area contributed by atoms with Crippen LogP contribution in [0, 0.1) is 6.92 Å². The van der Waals surface area contributed by atoms with Gasteiger partial charge in [0.15, 0.2) is 5.82 Å². The Hall–Kier alpha value is -4.29. The number of aliphatic imine (C=N–C) groups is 1. The summed E-state index contributed by atoms with van der Waals surface area (Å²) in [5, 5.41) is 16.6. The summed E-state index contributed by atoms with van der Waals surface area (Å²) in [5.74, 6) is 1.70. The van der Waals surface area contributed by atoms with E-state index in [1.165, 1.54) is 11.8 Å². The molecule has 0 spiro atoms. The van der Waals surface area contributed by atoms with Gasteiger partial charge < -0.3 is 10.1 Å². The Morgan fingerprint density at radius 1 is 1.06 bits per heavy atom. The van der Waals surface area contributed by atoms with E-state index in [2.05, 4.69) is 70.7 Å². The lowest BCUT2D eigenvalue weighted by Crippen LogP contribution is -2.12. The van der Waals surface area contributed by atoms with Crippen molar-refractivity contribution < 1.29 is 4.74 Å². The number of nitrogens with zero attached hydrogens (tertiary/aromatic N) is 3. The first kappa shape index (κ1) is 23.9. The molecule has 4 aromatic rings. The quantitative estimate of drug-likeness (QED) is 0.158. The first-order valence-electron chi connectivity index (χ1n) is 11.0. The van der Waals surface area contributed by atoms with E-state index in [0.717, 1.165) is 32.6 Å². The minimum atomic E-state index is 0.382. The zero-order chi connectivity index (χ0) is 24.8. The van der Waals surface area contributed by atoms with Gasteiger partial charge in [-0.25, -0.2) is 4.99 Å². The maximum Gasteiger partial charge on any atom is 0.226 e. The lowest BCUT2D eigenvalue weighted by Gasteiger charge is -2.13. The van der Waals surface area contributed by atoms with Crippen molar-refractivity contribution in [2.75, 3.05) is 5.32 Å². The number of anilines is 2. The van der Waals surface area contributed by atoms with E-state index in [-0.39, 0.29) is 0 Å². The van der Waals surface area contributed by atoms with Gasteiger partial charge in [0, 0.05) is 28.2 Å². The molecule has 2 aromatic carbocycles. The minimum absolute atomic E-state index is 0.382. The maximum absolute atomic E-state index is 5.98. The van der Waals surface area contributed by atoms with Gasteiger partial charge in [0.25, 0.3) is 0 Å². The van der Waals surface area contributed by atoms with Gasteiger partial charge in [-0.2, -0.15) is 0 Å². The molecule has 0 saturated heterocycles. The SMILES string of the molecule is C=C/C=C(\C)C(=C)C(=NC=C)Oc1ccc(Nc2nnc(-c3cc(C)cs3)c3ccccc23)cc1. The fourth-order valence-corrected chi connectivity index (χ4v) is 4.38. The molecular formula is C29H26N4OS. The average Bonchev–Trinajstić information content (AvgIpc) is 3.30. The third-order valence-corrected chi connectivity index (χ3v) is 6.35. The van der Waals surface area contributed by atoms with Crippen LogP contribution in [-0.2, 0) is 0 Å². The number of nitrogens with one attached hydrogen (secondary N) is 1. The van der Waals surface area contributed by atoms with E-state index in [9.17, 15) is 0 Å². The number of allylic oxidation sites excluding steroid dienone is 2. The highest BCUT2D eigenvalue weighted by Crippen LogP contribution is 2.34. The molecular weight excluding hydrogens is 452 g/mol. The fourth-order valence-electron chi connectivity index (χ4n) is 3.48. The third kappa shape index (κ3) is 5.45. The van der Waals surface area contributed by atoms with Gasteiger partial charge in [0.05, 0.1) is 4.88 Å². The predicted molar refractivity (Wildman–Crippen MR) is 149 cm³/mol. The van der Waals surface area contributed by atoms with Crippen molar-refractivity contribution in [1.82, 2.24) is 10.2 Å². The molecule has 5 nitrogen and oxygen atoms in total. The first-order valence-corrected chi connectivity index (χ1v) is 11.9. The van der Waals surface area contributed by atoms with Crippen molar-refractivity contribution in [3.8, 4) is 16.3 Å². The van der Waals surface area contributed by atoms with Gasteiger partial charge in [-0.1, -0.05) is 56.2 Å². The van der Waals surface area contributed by atoms with Gasteiger partial charge in [-0.3, -0.25) is 0 Å². The van der Waals surface area contributed by atoms with Crippen molar-refractivity contribution in [3.63, 3.8) is 0 Å². The Labute approximate surface area is 209 Å². The largest absolute Gasteiger partial charge is 0.438 e. The molecule has 2 heterocycles. The second-order valence-corrected chi connectivity index (χ2v) is 8.77. The smallest absolute Gasteiger partial charge is 0.226 e. The van der Waals surface area contributed by atoms with E-state index in [0.29, 0.717) is 23.0 Å². The van der Waals surface area contributed by atoms with Crippen LogP contribution in [0.3, 0.4) is 0 Å². The molecule has 0 unspecified atom stereocenters. The summed E-state index contributed by atoms with van der Waals surface area (Å²) in [6, 6.07) is 17.9. The van der Waals surface area contributed by atoms with Crippen LogP contribution >= 0.6 is 11.3 Å². The molecule has 0 aliphatic carbocycles. The number of benzene rings is 2. The molecule has 2 aromatic heterocycles. The van der Waals surface area contributed by atoms with Crippen LogP contribution in [-0.4, -0.2) is 16.1 Å². The number of fused-ring (bicyclic) bond motifs is 1. The second kappa shape index (κ2) is 10.8. The Morgan fingerprint density at radius 2 is 1.80 bits per heavy atom. The summed E-state index contributed by atoms with van der Waals surface area (Å²) in [6.45, 7) is 15.5. The highest BCUT2D eigenvalue weighted by Gasteiger charge is 2.13. The average molecular weight is 479 g/mol. The lowest BCUT2D eigenvalue weighted by atomic mass is 10.1. The molecule has 1 N–H and O–H groups in total. The van der Waals surface area contributed by atoms with Gasteiger partial charge in [0.2, 0.25) is 5.90 Å². The van der Waals surface area contributed by atoms with E-state index in [1.54, 1.807) is 17.4 Å². The Morgan fingerprint density at radius 3 is 2.46 bits per heavy atom. The number of hydrogen-bond donors (Lipinski definition) is 1. The van der Waals surface area contributed by atoms with Gasteiger partial charge in [0.1, 0.15) is 11.4 Å². The predicted octanol–water partition coefficient (Wildman–Crippen LogP) is 8.02. The van der Waals surface area contributed by atoms with Crippen LogP contribution in [0.2, 0.25) is 0 Å². The molecule has 0 saturated carbocycles. The molecule has 0 radical (unpaired) electrons. The normalized spacial score (nSPS) is 11.8. The standard InChI is InChI=1S/C29H26N4OS/c1-6-10-20(4)21(5)29(30-7-2)34-23-15-13-22(14-16-23)31-28-25-12-9-8-11-24(25)27(32-33-28)26-17-19(3)18-35-26/h6-18H,1-2,5H2,3-4H3,(H,31,33)/b20-10+,30-29?. The third-order valence-electron chi connectivity index (χ3n) is 5.29. The van der Waals surface area contributed by atoms with Crippen LogP contribution in [0.1, 0.15) is 12.5 Å². The number of rotatable bonds is 8. The van der Waals surface area contributed by atoms with Crippen molar-refractivity contribution in [3.05, 3.63) is 115 Å². The molecule has 0 fully saturated rings. The van der Waals surface area contributed by atoms with Crippen LogP contribution in [0.15, 0.2) is 114 Å². The maximum atomic E-state index is 5.98. The van der Waals surface area contributed by atoms with Crippen molar-refractivity contribution >= 4 is 39.5 Å². The number of ether oxygens (including phenoxy) is 1. The molecule has 0 aliphatic rings. The van der Waals surface area contributed by atoms with Crippen LogP contribution in [0.4, 0.5) is 11.5 Å². The Balaban J connectivity index is 1.57. The van der Waals surface area contributed by atoms with E-state index < -0.39 is 0 Å². The molecule has 0 bridgehead atoms. The van der Waals surface area contributed by atoms with E-state index in [4.69, 9.17) is 4.74 Å². The summed E-state index contributed by atoms with van der Waals surface area (Å²) in [6.07, 6.45) is 4.99. The number of aryl methyl sites for hydroxylation is 1. The summed E-state index contributed by atoms with van der Waals surface area (Å²) >= 11 is 1.68. The number of aromatic nitrogens is 2. The monoisotopic (exact) mass is 478 g/mol. The summed E-state index contributed by atoms with van der Waals surface area (Å²) < 4.78 is 5.98. The number of thiophene rings is 1. The molecule has 6 heteroatoms.